The number of carbonyl (C=O) groups excluding carboxylic acids is 1. The summed E-state index contributed by atoms with van der Waals surface area (Å²) >= 11 is 0. The molecule has 2 saturated carbocycles. The van der Waals surface area contributed by atoms with Crippen LogP contribution >= 0.6 is 0 Å². The highest BCUT2D eigenvalue weighted by Crippen LogP contribution is 2.61. The third-order valence-corrected chi connectivity index (χ3v) is 7.57. The number of aromatic nitrogens is 1. The van der Waals surface area contributed by atoms with E-state index < -0.39 is 17.2 Å². The zero-order valence-electron chi connectivity index (χ0n) is 16.7. The first-order valence-electron chi connectivity index (χ1n) is 10.5. The lowest BCUT2D eigenvalue weighted by molar-refractivity contribution is -0.197. The lowest BCUT2D eigenvalue weighted by Crippen LogP contribution is -2.97. The number of rotatable bonds is 5. The molecule has 3 atom stereocenters. The van der Waals surface area contributed by atoms with E-state index in [4.69, 9.17) is 10.00 Å². The van der Waals surface area contributed by atoms with E-state index in [1.54, 1.807) is 12.3 Å². The van der Waals surface area contributed by atoms with Gasteiger partial charge in [0.25, 0.3) is 0 Å². The molecule has 1 aromatic carbocycles. The number of hydrogen-bond donors (Lipinski definition) is 0. The van der Waals surface area contributed by atoms with E-state index in [-0.39, 0.29) is 30.1 Å². The van der Waals surface area contributed by atoms with Gasteiger partial charge < -0.3 is 14.5 Å². The van der Waals surface area contributed by atoms with Crippen LogP contribution in [0.25, 0.3) is 0 Å². The molecule has 2 aromatic rings. The Morgan fingerprint density at radius 3 is 2.61 bits per heavy atom. The Balaban J connectivity index is 1.12. The number of nitriles is 1. The van der Waals surface area contributed by atoms with Gasteiger partial charge in [0.1, 0.15) is 18.5 Å². The number of anilines is 1. The average molecular weight is 422 g/mol. The SMILES string of the molecule is N#Cc1ccc(N2C3CCC34C2CN4C(=O)COC2(c3ccc(F)c(F)c3)CC2)nc1. The Labute approximate surface area is 178 Å². The quantitative estimate of drug-likeness (QED) is 0.741. The minimum atomic E-state index is -0.897. The molecule has 2 aliphatic heterocycles. The van der Waals surface area contributed by atoms with E-state index in [1.165, 1.54) is 12.1 Å². The number of nitrogens with zero attached hydrogens (tertiary/aromatic N) is 4. The van der Waals surface area contributed by atoms with Gasteiger partial charge in [-0.3, -0.25) is 4.79 Å². The number of halogens is 2. The van der Waals surface area contributed by atoms with Crippen molar-refractivity contribution in [1.29, 1.82) is 5.26 Å². The molecule has 4 fully saturated rings. The maximum absolute atomic E-state index is 13.6. The second-order valence-electron chi connectivity index (χ2n) is 8.90. The monoisotopic (exact) mass is 422 g/mol. The maximum atomic E-state index is 13.6. The van der Waals surface area contributed by atoms with Gasteiger partial charge in [0, 0.05) is 12.7 Å². The van der Waals surface area contributed by atoms with Gasteiger partial charge in [0.15, 0.2) is 11.6 Å². The van der Waals surface area contributed by atoms with Crippen LogP contribution in [0.5, 0.6) is 0 Å². The highest BCUT2D eigenvalue weighted by molar-refractivity contribution is 5.82. The lowest BCUT2D eigenvalue weighted by Gasteiger charge is -2.80. The first-order valence-corrected chi connectivity index (χ1v) is 10.5. The average Bonchev–Trinajstić information content (AvgIpc) is 3.53. The zero-order chi connectivity index (χ0) is 21.4. The van der Waals surface area contributed by atoms with Crippen LogP contribution in [0.3, 0.4) is 0 Å². The van der Waals surface area contributed by atoms with Crippen LogP contribution in [0.15, 0.2) is 36.5 Å². The Hall–Kier alpha value is -3.05. The summed E-state index contributed by atoms with van der Waals surface area (Å²) in [5, 5.41) is 8.96. The first kappa shape index (κ1) is 18.7. The van der Waals surface area contributed by atoms with Crippen LogP contribution < -0.4 is 4.90 Å². The number of hydrogen-bond acceptors (Lipinski definition) is 5. The van der Waals surface area contributed by atoms with Gasteiger partial charge in [0.2, 0.25) is 5.91 Å². The van der Waals surface area contributed by atoms with Gasteiger partial charge in [-0.1, -0.05) is 6.07 Å². The summed E-state index contributed by atoms with van der Waals surface area (Å²) in [6.07, 6.45) is 4.94. The molecule has 3 heterocycles. The van der Waals surface area contributed by atoms with Crippen LogP contribution in [0.4, 0.5) is 14.6 Å². The number of likely N-dealkylation sites (tertiary alicyclic amines) is 1. The normalized spacial score (nSPS) is 28.9. The van der Waals surface area contributed by atoms with Gasteiger partial charge >= 0.3 is 0 Å². The van der Waals surface area contributed by atoms with Crippen molar-refractivity contribution < 1.29 is 18.3 Å². The van der Waals surface area contributed by atoms with Crippen molar-refractivity contribution in [3.63, 3.8) is 0 Å². The summed E-state index contributed by atoms with van der Waals surface area (Å²) in [5.41, 5.74) is 0.307. The molecule has 2 aliphatic carbocycles. The zero-order valence-corrected chi connectivity index (χ0v) is 16.7. The number of benzene rings is 1. The van der Waals surface area contributed by atoms with Crippen molar-refractivity contribution >= 4 is 11.7 Å². The Morgan fingerprint density at radius 2 is 2.03 bits per heavy atom. The Morgan fingerprint density at radius 1 is 1.19 bits per heavy atom. The summed E-state index contributed by atoms with van der Waals surface area (Å²) in [6, 6.07) is 10.0. The van der Waals surface area contributed by atoms with Gasteiger partial charge in [-0.05, 0) is 55.5 Å². The smallest absolute Gasteiger partial charge is 0.249 e. The molecular formula is C23H20F2N4O2. The van der Waals surface area contributed by atoms with Gasteiger partial charge in [-0.2, -0.15) is 5.26 Å². The van der Waals surface area contributed by atoms with E-state index in [1.807, 2.05) is 11.0 Å². The molecule has 2 saturated heterocycles. The van der Waals surface area contributed by atoms with Crippen molar-refractivity contribution in [1.82, 2.24) is 9.88 Å². The highest BCUT2D eigenvalue weighted by Gasteiger charge is 2.76. The van der Waals surface area contributed by atoms with E-state index in [2.05, 4.69) is 16.0 Å². The van der Waals surface area contributed by atoms with Crippen LogP contribution in [0.2, 0.25) is 0 Å². The van der Waals surface area contributed by atoms with Crippen molar-refractivity contribution in [2.45, 2.75) is 48.9 Å². The minimum absolute atomic E-state index is 0.0535. The second kappa shape index (κ2) is 6.24. The third-order valence-electron chi connectivity index (χ3n) is 7.57. The number of ether oxygens (including phenoxy) is 1. The summed E-state index contributed by atoms with van der Waals surface area (Å²) in [6.45, 7) is 0.563. The van der Waals surface area contributed by atoms with E-state index in [0.29, 0.717) is 30.5 Å². The standard InChI is InChI=1S/C23H20F2N4O2/c24-16-3-2-15(9-17(16)25)22(7-8-22)31-13-21(30)28-12-19-23(28)6-5-18(23)29(19)20-4-1-14(10-26)11-27-20/h1-4,9,11,18-19H,5-8,12-13H2. The largest absolute Gasteiger partial charge is 0.360 e. The van der Waals surface area contributed by atoms with Crippen molar-refractivity contribution in [3.8, 4) is 6.07 Å². The molecule has 6 nitrogen and oxygen atoms in total. The fourth-order valence-electron chi connectivity index (χ4n) is 5.63. The molecule has 0 N–H and O–H groups in total. The fraction of sp³-hybridized carbons (Fsp3) is 0.435. The van der Waals surface area contributed by atoms with Crippen LogP contribution in [-0.2, 0) is 15.1 Å². The van der Waals surface area contributed by atoms with E-state index in [9.17, 15) is 13.6 Å². The van der Waals surface area contributed by atoms with E-state index in [0.717, 1.165) is 24.7 Å². The lowest BCUT2D eigenvalue weighted by atomic mass is 9.52. The predicted octanol–water partition coefficient (Wildman–Crippen LogP) is 2.87. The molecule has 1 spiro atoms. The van der Waals surface area contributed by atoms with Crippen molar-refractivity contribution in [3.05, 3.63) is 59.3 Å². The molecule has 1 aromatic heterocycles. The number of piperidine rings is 1. The van der Waals surface area contributed by atoms with Gasteiger partial charge in [-0.25, -0.2) is 13.8 Å². The van der Waals surface area contributed by atoms with Crippen LogP contribution in [-0.4, -0.2) is 46.6 Å². The van der Waals surface area contributed by atoms with Crippen LogP contribution in [0, 0.1) is 23.0 Å². The minimum Gasteiger partial charge on any atom is -0.360 e. The Kier molecular flexibility index (Phi) is 3.76. The molecule has 31 heavy (non-hydrogen) atoms. The molecule has 0 bridgehead atoms. The fourth-order valence-corrected chi connectivity index (χ4v) is 5.63. The number of piperazine rings is 1. The maximum Gasteiger partial charge on any atom is 0.249 e. The number of carbonyl (C=O) groups is 1. The summed E-state index contributed by atoms with van der Waals surface area (Å²) < 4.78 is 32.8. The molecule has 6 rings (SSSR count). The summed E-state index contributed by atoms with van der Waals surface area (Å²) in [7, 11) is 0. The highest BCUT2D eigenvalue weighted by atomic mass is 19.2. The number of pyridine rings is 1. The summed E-state index contributed by atoms with van der Waals surface area (Å²) in [5.74, 6) is -0.986. The first-order chi connectivity index (χ1) is 15.0. The molecule has 3 unspecified atom stereocenters. The predicted molar refractivity (Wildman–Crippen MR) is 106 cm³/mol. The van der Waals surface area contributed by atoms with Crippen LogP contribution in [0.1, 0.15) is 36.8 Å². The molecule has 0 radical (unpaired) electrons. The third kappa shape index (κ3) is 2.44. The summed E-state index contributed by atoms with van der Waals surface area (Å²) in [4.78, 5) is 21.6. The van der Waals surface area contributed by atoms with Crippen molar-refractivity contribution in [2.24, 2.45) is 0 Å². The van der Waals surface area contributed by atoms with E-state index >= 15 is 0 Å². The van der Waals surface area contributed by atoms with Crippen molar-refractivity contribution in [2.75, 3.05) is 18.1 Å². The number of amides is 1. The van der Waals surface area contributed by atoms with Gasteiger partial charge in [0.05, 0.1) is 28.8 Å². The topological polar surface area (TPSA) is 69.5 Å². The molecular weight excluding hydrogens is 402 g/mol. The molecule has 4 aliphatic rings. The Bertz CT molecular complexity index is 1120. The second-order valence-corrected chi connectivity index (χ2v) is 8.90. The molecule has 8 heteroatoms. The molecule has 1 amide bonds. The molecule has 158 valence electrons. The van der Waals surface area contributed by atoms with Gasteiger partial charge in [-0.15, -0.1) is 0 Å².